The van der Waals surface area contributed by atoms with E-state index < -0.39 is 5.97 Å². The highest BCUT2D eigenvalue weighted by atomic mass is 32.2. The van der Waals surface area contributed by atoms with Crippen molar-refractivity contribution in [2.24, 2.45) is 0 Å². The van der Waals surface area contributed by atoms with E-state index in [2.05, 4.69) is 4.98 Å². The molecule has 1 aromatic carbocycles. The number of amides is 2. The van der Waals surface area contributed by atoms with E-state index in [1.54, 1.807) is 11.5 Å². The van der Waals surface area contributed by atoms with E-state index in [4.69, 9.17) is 17.3 Å². The van der Waals surface area contributed by atoms with Gasteiger partial charge in [-0.15, -0.1) is 11.3 Å². The maximum atomic E-state index is 12.5. The molecule has 2 aromatic rings. The topological polar surface area (TPSA) is 90.8 Å². The zero-order chi connectivity index (χ0) is 20.3. The summed E-state index contributed by atoms with van der Waals surface area (Å²) in [5.74, 6) is -1.50. The van der Waals surface area contributed by atoms with Crippen LogP contribution in [-0.2, 0) is 14.4 Å². The van der Waals surface area contributed by atoms with Gasteiger partial charge in [0.05, 0.1) is 22.7 Å². The highest BCUT2D eigenvalue weighted by Crippen LogP contribution is 2.34. The minimum atomic E-state index is -0.993. The Bertz CT molecular complexity index is 971. The lowest BCUT2D eigenvalue weighted by atomic mass is 10.3. The summed E-state index contributed by atoms with van der Waals surface area (Å²) in [6.07, 6.45) is 1.43. The number of benzene rings is 1. The molecule has 0 atom stereocenters. The second kappa shape index (κ2) is 8.63. The van der Waals surface area contributed by atoms with E-state index >= 15 is 0 Å². The lowest BCUT2D eigenvalue weighted by Crippen LogP contribution is -2.30. The van der Waals surface area contributed by atoms with E-state index in [1.807, 2.05) is 30.3 Å². The summed E-state index contributed by atoms with van der Waals surface area (Å²) in [5.41, 5.74) is 1.23. The van der Waals surface area contributed by atoms with Gasteiger partial charge >= 0.3 is 5.97 Å². The van der Waals surface area contributed by atoms with Crippen molar-refractivity contribution in [3.8, 4) is 0 Å². The number of anilines is 2. The van der Waals surface area contributed by atoms with Gasteiger partial charge in [0.1, 0.15) is 4.32 Å². The lowest BCUT2D eigenvalue weighted by Gasteiger charge is -2.17. The molecule has 1 aromatic heterocycles. The Labute approximate surface area is 174 Å². The van der Waals surface area contributed by atoms with Crippen LogP contribution in [0.5, 0.6) is 0 Å². The zero-order valence-corrected chi connectivity index (χ0v) is 17.1. The monoisotopic (exact) mass is 433 g/mol. The summed E-state index contributed by atoms with van der Waals surface area (Å²) in [7, 11) is 0. The number of thiazole rings is 1. The van der Waals surface area contributed by atoms with Gasteiger partial charge in [-0.1, -0.05) is 42.2 Å². The van der Waals surface area contributed by atoms with E-state index in [0.717, 1.165) is 11.8 Å². The largest absolute Gasteiger partial charge is 0.481 e. The molecular weight excluding hydrogens is 418 g/mol. The molecule has 28 heavy (non-hydrogen) atoms. The Morgan fingerprint density at radius 2 is 2.04 bits per heavy atom. The molecule has 144 valence electrons. The number of carboxylic acids is 1. The Morgan fingerprint density at radius 1 is 1.32 bits per heavy atom. The van der Waals surface area contributed by atoms with Crippen LogP contribution in [0.1, 0.15) is 19.0 Å². The molecular formula is C18H15N3O4S3. The van der Waals surface area contributed by atoms with Crippen molar-refractivity contribution in [1.29, 1.82) is 0 Å². The maximum Gasteiger partial charge on any atom is 0.305 e. The first kappa shape index (κ1) is 20.2. The van der Waals surface area contributed by atoms with Crippen molar-refractivity contribution >= 4 is 74.3 Å². The van der Waals surface area contributed by atoms with E-state index in [9.17, 15) is 14.4 Å². The van der Waals surface area contributed by atoms with Gasteiger partial charge in [-0.3, -0.25) is 24.2 Å². The minimum Gasteiger partial charge on any atom is -0.481 e. The summed E-state index contributed by atoms with van der Waals surface area (Å²) < 4.78 is 0.322. The van der Waals surface area contributed by atoms with Crippen LogP contribution >= 0.6 is 35.3 Å². The molecule has 7 nitrogen and oxygen atoms in total. The average molecular weight is 434 g/mol. The number of para-hydroxylation sites is 1. The van der Waals surface area contributed by atoms with Crippen molar-refractivity contribution in [3.63, 3.8) is 0 Å². The van der Waals surface area contributed by atoms with Crippen LogP contribution in [-0.4, -0.2) is 43.6 Å². The van der Waals surface area contributed by atoms with Gasteiger partial charge in [-0.25, -0.2) is 4.98 Å². The molecule has 0 bridgehead atoms. The van der Waals surface area contributed by atoms with Gasteiger partial charge in [0.15, 0.2) is 5.13 Å². The first-order valence-electron chi connectivity index (χ1n) is 8.15. The summed E-state index contributed by atoms with van der Waals surface area (Å²) in [4.78, 5) is 42.9. The van der Waals surface area contributed by atoms with Crippen molar-refractivity contribution in [2.45, 2.75) is 13.3 Å². The molecule has 3 rings (SSSR count). The number of hydrogen-bond donors (Lipinski definition) is 1. The molecule has 0 radical (unpaired) electrons. The molecule has 1 fully saturated rings. The number of carbonyl (C=O) groups excluding carboxylic acids is 2. The van der Waals surface area contributed by atoms with Crippen LogP contribution in [0.3, 0.4) is 0 Å². The quantitative estimate of drug-likeness (QED) is 0.551. The normalized spacial score (nSPS) is 15.3. The second-order valence-electron chi connectivity index (χ2n) is 5.72. The summed E-state index contributed by atoms with van der Waals surface area (Å²) in [5, 5.41) is 11.0. The predicted octanol–water partition coefficient (Wildman–Crippen LogP) is 3.50. The summed E-state index contributed by atoms with van der Waals surface area (Å²) in [6.45, 7) is 1.49. The number of carboxylic acid groups (broad SMARTS) is 1. The molecule has 0 saturated carbocycles. The fourth-order valence-corrected chi connectivity index (χ4v) is 4.62. The average Bonchev–Trinajstić information content (AvgIpc) is 3.19. The molecule has 1 aliphatic heterocycles. The zero-order valence-electron chi connectivity index (χ0n) is 14.7. The van der Waals surface area contributed by atoms with Crippen LogP contribution in [0.4, 0.5) is 10.8 Å². The van der Waals surface area contributed by atoms with Gasteiger partial charge in [0.25, 0.3) is 5.91 Å². The van der Waals surface area contributed by atoms with Crippen molar-refractivity contribution in [2.75, 3.05) is 11.4 Å². The number of nitrogens with zero attached hydrogens (tertiary/aromatic N) is 3. The smallest absolute Gasteiger partial charge is 0.305 e. The third-order valence-corrected chi connectivity index (χ3v) is 5.95. The highest BCUT2D eigenvalue weighted by molar-refractivity contribution is 8.26. The number of hydrogen-bond acceptors (Lipinski definition) is 7. The molecule has 0 spiro atoms. The minimum absolute atomic E-state index is 0.0335. The second-order valence-corrected chi connectivity index (χ2v) is 8.23. The fraction of sp³-hybridized carbons (Fsp3) is 0.167. The SMILES string of the molecule is CC(=O)N(c1ccccc1)c1nc(/C=C2\SC(=S)N(CCC(=O)O)C2=O)cs1. The van der Waals surface area contributed by atoms with Crippen LogP contribution < -0.4 is 4.90 Å². The predicted molar refractivity (Wildman–Crippen MR) is 114 cm³/mol. The maximum absolute atomic E-state index is 12.5. The number of carbonyl (C=O) groups is 3. The first-order chi connectivity index (χ1) is 13.4. The van der Waals surface area contributed by atoms with Gasteiger partial charge in [0, 0.05) is 18.8 Å². The van der Waals surface area contributed by atoms with Gasteiger partial charge in [0.2, 0.25) is 5.91 Å². The highest BCUT2D eigenvalue weighted by Gasteiger charge is 2.32. The molecule has 1 N–H and O–H groups in total. The van der Waals surface area contributed by atoms with E-state index in [1.165, 1.54) is 28.1 Å². The van der Waals surface area contributed by atoms with Crippen LogP contribution in [0, 0.1) is 0 Å². The Balaban J connectivity index is 1.82. The van der Waals surface area contributed by atoms with Crippen LogP contribution in [0.25, 0.3) is 6.08 Å². The lowest BCUT2D eigenvalue weighted by molar-refractivity contribution is -0.137. The Hall–Kier alpha value is -2.56. The van der Waals surface area contributed by atoms with Crippen LogP contribution in [0.15, 0.2) is 40.6 Å². The van der Waals surface area contributed by atoms with Gasteiger partial charge in [-0.05, 0) is 18.2 Å². The van der Waals surface area contributed by atoms with Crippen molar-refractivity contribution < 1.29 is 19.5 Å². The molecule has 2 amide bonds. The molecule has 10 heteroatoms. The molecule has 1 saturated heterocycles. The van der Waals surface area contributed by atoms with Crippen LogP contribution in [0.2, 0.25) is 0 Å². The van der Waals surface area contributed by atoms with Gasteiger partial charge < -0.3 is 5.11 Å². The molecule has 0 aliphatic carbocycles. The number of rotatable bonds is 6. The summed E-state index contributed by atoms with van der Waals surface area (Å²) >= 11 is 7.57. The standard InChI is InChI=1S/C18H15N3O4S3/c1-11(22)21(13-5-3-2-4-6-13)17-19-12(10-27-17)9-14-16(25)20(18(26)28-14)8-7-15(23)24/h2-6,9-10H,7-8H2,1H3,(H,23,24)/b14-9-. The Morgan fingerprint density at radius 3 is 2.68 bits per heavy atom. The number of thioether (sulfide) groups is 1. The fourth-order valence-electron chi connectivity index (χ4n) is 2.48. The van der Waals surface area contributed by atoms with E-state index in [0.29, 0.717) is 25.7 Å². The summed E-state index contributed by atoms with van der Waals surface area (Å²) in [6, 6.07) is 9.16. The van der Waals surface area contributed by atoms with Crippen molar-refractivity contribution in [1.82, 2.24) is 9.88 Å². The number of thiocarbonyl (C=S) groups is 1. The third-order valence-electron chi connectivity index (χ3n) is 3.73. The van der Waals surface area contributed by atoms with Gasteiger partial charge in [-0.2, -0.15) is 0 Å². The number of aromatic nitrogens is 1. The number of aliphatic carboxylic acids is 1. The molecule has 1 aliphatic rings. The van der Waals surface area contributed by atoms with Crippen molar-refractivity contribution in [3.05, 3.63) is 46.3 Å². The Kier molecular flexibility index (Phi) is 6.22. The molecule has 0 unspecified atom stereocenters. The third kappa shape index (κ3) is 4.46. The first-order valence-corrected chi connectivity index (χ1v) is 10.3. The molecule has 2 heterocycles. The van der Waals surface area contributed by atoms with E-state index in [-0.39, 0.29) is 24.8 Å².